The van der Waals surface area contributed by atoms with Crippen molar-refractivity contribution in [3.63, 3.8) is 0 Å². The Morgan fingerprint density at radius 2 is 1.83 bits per heavy atom. The number of benzene rings is 2. The molecule has 36 heavy (non-hydrogen) atoms. The first kappa shape index (κ1) is 24.2. The number of fused-ring (bicyclic) bond motifs is 1. The van der Waals surface area contributed by atoms with Gasteiger partial charge in [0.1, 0.15) is 11.4 Å². The van der Waals surface area contributed by atoms with Gasteiger partial charge in [-0.3, -0.25) is 4.90 Å². The zero-order chi connectivity index (χ0) is 25.7. The Labute approximate surface area is 211 Å². The minimum Gasteiger partial charge on any atom is -0.444 e. The highest BCUT2D eigenvalue weighted by atomic mass is 19.1. The van der Waals surface area contributed by atoms with Crippen LogP contribution in [-0.2, 0) is 11.2 Å². The molecule has 1 N–H and O–H groups in total. The molecule has 2 aromatic rings. The highest BCUT2D eigenvalue weighted by Gasteiger charge is 2.72. The van der Waals surface area contributed by atoms with Crippen molar-refractivity contribution >= 4 is 12.1 Å². The van der Waals surface area contributed by atoms with Crippen molar-refractivity contribution in [1.82, 2.24) is 15.1 Å². The molecule has 7 heteroatoms. The first-order valence-corrected chi connectivity index (χ1v) is 12.4. The fourth-order valence-electron chi connectivity index (χ4n) is 6.08. The third-order valence-corrected chi connectivity index (χ3v) is 7.54. The second-order valence-corrected chi connectivity index (χ2v) is 11.3. The van der Waals surface area contributed by atoms with Crippen molar-refractivity contribution < 1.29 is 18.7 Å². The molecule has 3 amide bonds. The number of carbonyl (C=O) groups is 2. The van der Waals surface area contributed by atoms with Gasteiger partial charge in [-0.2, -0.15) is 0 Å². The summed E-state index contributed by atoms with van der Waals surface area (Å²) in [7, 11) is 0. The molecule has 3 aliphatic carbocycles. The van der Waals surface area contributed by atoms with Gasteiger partial charge in [-0.15, -0.1) is 6.42 Å². The van der Waals surface area contributed by atoms with E-state index in [1.54, 1.807) is 17.0 Å². The van der Waals surface area contributed by atoms with Crippen LogP contribution < -0.4 is 5.32 Å². The van der Waals surface area contributed by atoms with Crippen molar-refractivity contribution in [1.29, 1.82) is 0 Å². The SMILES string of the molecule is C#CCN(C(=O)OC(C)(C)C)C12CC(NC(=O)N3CCc4ccccc4[C@@H]3c3ccc(F)cc3)(C1)C2. The Hall–Kier alpha value is -3.53. The molecule has 0 radical (unpaired) electrons. The Morgan fingerprint density at radius 1 is 1.17 bits per heavy atom. The molecule has 0 aromatic heterocycles. The summed E-state index contributed by atoms with van der Waals surface area (Å²) in [6.45, 7) is 6.23. The third kappa shape index (κ3) is 4.19. The Morgan fingerprint density at radius 3 is 2.47 bits per heavy atom. The molecule has 1 aliphatic heterocycles. The zero-order valence-corrected chi connectivity index (χ0v) is 21.0. The number of rotatable bonds is 4. The number of ether oxygens (including phenoxy) is 1. The maximum absolute atomic E-state index is 13.6. The molecule has 0 saturated heterocycles. The number of halogens is 1. The minimum absolute atomic E-state index is 0.145. The molecule has 0 spiro atoms. The first-order valence-electron chi connectivity index (χ1n) is 12.4. The van der Waals surface area contributed by atoms with E-state index in [-0.39, 0.29) is 35.5 Å². The Bertz CT molecular complexity index is 1210. The molecule has 3 saturated carbocycles. The van der Waals surface area contributed by atoms with Gasteiger partial charge in [0, 0.05) is 12.1 Å². The summed E-state index contributed by atoms with van der Waals surface area (Å²) in [5.74, 6) is 2.27. The van der Waals surface area contributed by atoms with E-state index in [9.17, 15) is 14.0 Å². The molecule has 1 atom stereocenters. The van der Waals surface area contributed by atoms with Crippen molar-refractivity contribution in [2.75, 3.05) is 13.1 Å². The van der Waals surface area contributed by atoms with E-state index < -0.39 is 11.7 Å². The van der Waals surface area contributed by atoms with Gasteiger partial charge >= 0.3 is 12.1 Å². The second kappa shape index (κ2) is 8.55. The van der Waals surface area contributed by atoms with Crippen LogP contribution in [0.3, 0.4) is 0 Å². The standard InChI is InChI=1S/C29H32FN3O3/c1-5-15-33(26(35)36-27(2,3)4)29-17-28(18-29,19-29)31-25(34)32-16-14-20-8-6-7-9-23(20)24(32)21-10-12-22(30)13-11-21/h1,6-13,24H,14-19H2,2-4H3,(H,31,34)/t24-,28?,29?/m0/s1. The minimum atomic E-state index is -0.612. The number of terminal acetylenes is 1. The third-order valence-electron chi connectivity index (χ3n) is 7.54. The van der Waals surface area contributed by atoms with E-state index in [1.807, 2.05) is 43.9 Å². The van der Waals surface area contributed by atoms with Gasteiger partial charge in [0.15, 0.2) is 0 Å². The summed E-state index contributed by atoms with van der Waals surface area (Å²) in [6.07, 6.45) is 7.85. The molecule has 6 nitrogen and oxygen atoms in total. The van der Waals surface area contributed by atoms with Gasteiger partial charge in [0.25, 0.3) is 0 Å². The van der Waals surface area contributed by atoms with Gasteiger partial charge < -0.3 is 15.0 Å². The van der Waals surface area contributed by atoms with Gasteiger partial charge in [0.05, 0.1) is 18.1 Å². The molecular weight excluding hydrogens is 457 g/mol. The van der Waals surface area contributed by atoms with Crippen LogP contribution in [0.1, 0.15) is 62.8 Å². The van der Waals surface area contributed by atoms with E-state index >= 15 is 0 Å². The number of amides is 3. The molecule has 188 valence electrons. The largest absolute Gasteiger partial charge is 0.444 e. The number of nitrogens with one attached hydrogen (secondary N) is 1. The molecular formula is C29H32FN3O3. The summed E-state index contributed by atoms with van der Waals surface area (Å²) in [6, 6.07) is 14.0. The number of carbonyl (C=O) groups excluding carboxylic acids is 2. The quantitative estimate of drug-likeness (QED) is 0.613. The Balaban J connectivity index is 1.31. The topological polar surface area (TPSA) is 61.9 Å². The average molecular weight is 490 g/mol. The van der Waals surface area contributed by atoms with Crippen LogP contribution in [0.15, 0.2) is 48.5 Å². The van der Waals surface area contributed by atoms with E-state index in [4.69, 9.17) is 11.2 Å². The number of hydrogen-bond donors (Lipinski definition) is 1. The summed E-state index contributed by atoms with van der Waals surface area (Å²) < 4.78 is 19.2. The van der Waals surface area contributed by atoms with Gasteiger partial charge in [-0.25, -0.2) is 14.0 Å². The van der Waals surface area contributed by atoms with Crippen LogP contribution in [0.4, 0.5) is 14.0 Å². The molecule has 2 aromatic carbocycles. The fraction of sp³-hybridized carbons (Fsp3) is 0.448. The highest BCUT2D eigenvalue weighted by molar-refractivity contribution is 5.78. The molecule has 3 fully saturated rings. The van der Waals surface area contributed by atoms with E-state index in [1.165, 1.54) is 17.7 Å². The van der Waals surface area contributed by atoms with Crippen LogP contribution in [-0.4, -0.2) is 51.7 Å². The van der Waals surface area contributed by atoms with Gasteiger partial charge in [-0.05, 0) is 75.3 Å². The van der Waals surface area contributed by atoms with Crippen LogP contribution in [0.2, 0.25) is 0 Å². The first-order chi connectivity index (χ1) is 17.0. The lowest BCUT2D eigenvalue weighted by Gasteiger charge is -2.73. The van der Waals surface area contributed by atoms with E-state index in [0.29, 0.717) is 25.8 Å². The van der Waals surface area contributed by atoms with Gasteiger partial charge in [-0.1, -0.05) is 42.3 Å². The normalized spacial score (nSPS) is 26.0. The smallest absolute Gasteiger partial charge is 0.411 e. The molecule has 2 bridgehead atoms. The molecule has 4 aliphatic rings. The molecule has 1 heterocycles. The lowest BCUT2D eigenvalue weighted by molar-refractivity contribution is -0.163. The van der Waals surface area contributed by atoms with Crippen molar-refractivity contribution in [3.8, 4) is 12.3 Å². The highest BCUT2D eigenvalue weighted by Crippen LogP contribution is 2.63. The lowest BCUT2D eigenvalue weighted by Crippen LogP contribution is -2.84. The second-order valence-electron chi connectivity index (χ2n) is 11.3. The maximum Gasteiger partial charge on any atom is 0.411 e. The average Bonchev–Trinajstić information content (AvgIpc) is 2.78. The summed E-state index contributed by atoms with van der Waals surface area (Å²) in [5.41, 5.74) is 1.80. The Kier molecular flexibility index (Phi) is 5.74. The zero-order valence-electron chi connectivity index (χ0n) is 21.0. The van der Waals surface area contributed by atoms with Crippen molar-refractivity contribution in [2.45, 2.75) is 69.2 Å². The monoisotopic (exact) mass is 489 g/mol. The van der Waals surface area contributed by atoms with Gasteiger partial charge in [0.2, 0.25) is 0 Å². The van der Waals surface area contributed by atoms with Crippen molar-refractivity contribution in [2.24, 2.45) is 0 Å². The molecule has 6 rings (SSSR count). The van der Waals surface area contributed by atoms with Crippen LogP contribution in [0.5, 0.6) is 0 Å². The summed E-state index contributed by atoms with van der Waals surface area (Å²) in [5, 5.41) is 3.26. The fourth-order valence-corrected chi connectivity index (χ4v) is 6.08. The lowest BCUT2D eigenvalue weighted by atomic mass is 9.43. The number of nitrogens with zero attached hydrogens (tertiary/aromatic N) is 2. The summed E-state index contributed by atoms with van der Waals surface area (Å²) >= 11 is 0. The van der Waals surface area contributed by atoms with Crippen LogP contribution in [0.25, 0.3) is 0 Å². The van der Waals surface area contributed by atoms with Crippen molar-refractivity contribution in [3.05, 3.63) is 71.0 Å². The predicted molar refractivity (Wildman–Crippen MR) is 135 cm³/mol. The van der Waals surface area contributed by atoms with Crippen LogP contribution in [0, 0.1) is 18.2 Å². The predicted octanol–water partition coefficient (Wildman–Crippen LogP) is 5.03. The number of urea groups is 1. The maximum atomic E-state index is 13.6. The molecule has 0 unspecified atom stereocenters. The number of hydrogen-bond acceptors (Lipinski definition) is 3. The summed E-state index contributed by atoms with van der Waals surface area (Å²) in [4.78, 5) is 29.9. The van der Waals surface area contributed by atoms with E-state index in [0.717, 1.165) is 17.5 Å². The van der Waals surface area contributed by atoms with Crippen LogP contribution >= 0.6 is 0 Å². The van der Waals surface area contributed by atoms with E-state index in [2.05, 4.69) is 17.3 Å².